The van der Waals surface area contributed by atoms with Crippen LogP contribution >= 0.6 is 11.3 Å². The van der Waals surface area contributed by atoms with Crippen molar-refractivity contribution in [3.05, 3.63) is 70.7 Å². The zero-order valence-corrected chi connectivity index (χ0v) is 13.5. The molecule has 0 atom stereocenters. The van der Waals surface area contributed by atoms with Gasteiger partial charge in [-0.15, -0.1) is 11.3 Å². The van der Waals surface area contributed by atoms with Gasteiger partial charge in [-0.25, -0.2) is 4.98 Å². The molecule has 0 aliphatic carbocycles. The predicted molar refractivity (Wildman–Crippen MR) is 91.7 cm³/mol. The van der Waals surface area contributed by atoms with Gasteiger partial charge in [0.05, 0.1) is 13.7 Å². The molecule has 3 aromatic rings. The van der Waals surface area contributed by atoms with Crippen LogP contribution in [0.4, 0.5) is 0 Å². The molecule has 0 radical (unpaired) electrons. The van der Waals surface area contributed by atoms with E-state index in [0.717, 1.165) is 21.9 Å². The number of nitrogens with zero attached hydrogens (tertiary/aromatic N) is 1. The van der Waals surface area contributed by atoms with Crippen LogP contribution in [-0.4, -0.2) is 18.0 Å². The fourth-order valence-electron chi connectivity index (χ4n) is 2.37. The van der Waals surface area contributed by atoms with E-state index in [0.29, 0.717) is 12.1 Å². The second-order valence-electron chi connectivity index (χ2n) is 4.85. The van der Waals surface area contributed by atoms with E-state index in [2.05, 4.69) is 10.3 Å². The van der Waals surface area contributed by atoms with Crippen LogP contribution < -0.4 is 10.1 Å². The number of benzene rings is 2. The Hall–Kier alpha value is -2.66. The van der Waals surface area contributed by atoms with E-state index in [1.54, 1.807) is 13.3 Å². The molecular formula is C18H16N2O2S. The minimum absolute atomic E-state index is 0.123. The Labute approximate surface area is 138 Å². The largest absolute Gasteiger partial charge is 0.496 e. The average molecular weight is 324 g/mol. The molecule has 1 aromatic heterocycles. The molecule has 0 aliphatic heterocycles. The molecule has 0 saturated heterocycles. The highest BCUT2D eigenvalue weighted by Crippen LogP contribution is 2.32. The monoisotopic (exact) mass is 324 g/mol. The average Bonchev–Trinajstić information content (AvgIpc) is 3.13. The highest BCUT2D eigenvalue weighted by Gasteiger charge is 2.15. The lowest BCUT2D eigenvalue weighted by molar-refractivity contribution is 0.0951. The molecule has 1 N–H and O–H groups in total. The summed E-state index contributed by atoms with van der Waals surface area (Å²) in [5.41, 5.74) is 2.37. The number of aromatic nitrogens is 1. The molecule has 23 heavy (non-hydrogen) atoms. The summed E-state index contributed by atoms with van der Waals surface area (Å²) in [4.78, 5) is 16.7. The Kier molecular flexibility index (Phi) is 4.68. The van der Waals surface area contributed by atoms with Crippen molar-refractivity contribution in [2.45, 2.75) is 6.54 Å². The molecular weight excluding hydrogens is 308 g/mol. The summed E-state index contributed by atoms with van der Waals surface area (Å²) in [6.07, 6.45) is 1.73. The number of carbonyl (C=O) groups is 1. The second kappa shape index (κ2) is 7.07. The molecule has 2 aromatic carbocycles. The van der Waals surface area contributed by atoms with E-state index in [9.17, 15) is 4.79 Å². The third kappa shape index (κ3) is 3.40. The summed E-state index contributed by atoms with van der Waals surface area (Å²) < 4.78 is 5.41. The molecule has 0 unspecified atom stereocenters. The number of hydrogen-bond acceptors (Lipinski definition) is 4. The van der Waals surface area contributed by atoms with Gasteiger partial charge in [-0.3, -0.25) is 4.79 Å². The van der Waals surface area contributed by atoms with E-state index >= 15 is 0 Å². The van der Waals surface area contributed by atoms with Gasteiger partial charge in [0.2, 0.25) is 0 Å². The van der Waals surface area contributed by atoms with Crippen molar-refractivity contribution in [3.63, 3.8) is 0 Å². The first-order chi connectivity index (χ1) is 11.3. The minimum Gasteiger partial charge on any atom is -0.496 e. The highest BCUT2D eigenvalue weighted by atomic mass is 32.1. The first-order valence-electron chi connectivity index (χ1n) is 7.18. The van der Waals surface area contributed by atoms with Crippen LogP contribution in [0.25, 0.3) is 11.1 Å². The van der Waals surface area contributed by atoms with Crippen LogP contribution in [0.5, 0.6) is 5.75 Å². The zero-order valence-electron chi connectivity index (χ0n) is 12.7. The summed E-state index contributed by atoms with van der Waals surface area (Å²) in [6.45, 7) is 0.427. The van der Waals surface area contributed by atoms with Crippen molar-refractivity contribution in [1.82, 2.24) is 10.3 Å². The molecule has 1 amide bonds. The minimum atomic E-state index is -0.123. The first kappa shape index (κ1) is 15.2. The van der Waals surface area contributed by atoms with Crippen LogP contribution in [0.3, 0.4) is 0 Å². The van der Waals surface area contributed by atoms with E-state index in [4.69, 9.17) is 4.74 Å². The highest BCUT2D eigenvalue weighted by molar-refractivity contribution is 7.09. The van der Waals surface area contributed by atoms with Gasteiger partial charge >= 0.3 is 0 Å². The number of hydrogen-bond donors (Lipinski definition) is 1. The smallest absolute Gasteiger partial charge is 0.252 e. The van der Waals surface area contributed by atoms with E-state index in [1.807, 2.05) is 53.9 Å². The standard InChI is InChI=1S/C18H16N2O2S/c1-22-16-9-5-4-7-14(16)13-6-2-3-8-15(13)18(21)20-12-17-19-10-11-23-17/h2-11H,12H2,1H3,(H,20,21). The van der Waals surface area contributed by atoms with Crippen molar-refractivity contribution in [2.75, 3.05) is 7.11 Å². The Balaban J connectivity index is 1.90. The molecule has 116 valence electrons. The van der Waals surface area contributed by atoms with Crippen molar-refractivity contribution < 1.29 is 9.53 Å². The first-order valence-corrected chi connectivity index (χ1v) is 8.06. The molecule has 0 fully saturated rings. The second-order valence-corrected chi connectivity index (χ2v) is 5.83. The molecule has 5 heteroatoms. The number of para-hydroxylation sites is 1. The summed E-state index contributed by atoms with van der Waals surface area (Å²) in [5.74, 6) is 0.620. The van der Waals surface area contributed by atoms with Gasteiger partial charge in [0.15, 0.2) is 0 Å². The van der Waals surface area contributed by atoms with Crippen molar-refractivity contribution in [2.24, 2.45) is 0 Å². The predicted octanol–water partition coefficient (Wildman–Crippen LogP) is 3.75. The van der Waals surface area contributed by atoms with Gasteiger partial charge in [-0.2, -0.15) is 0 Å². The van der Waals surface area contributed by atoms with Crippen LogP contribution in [0.1, 0.15) is 15.4 Å². The van der Waals surface area contributed by atoms with Crippen molar-refractivity contribution >= 4 is 17.2 Å². The number of rotatable bonds is 5. The number of nitrogens with one attached hydrogen (secondary N) is 1. The van der Waals surface area contributed by atoms with Crippen LogP contribution in [0.15, 0.2) is 60.1 Å². The maximum absolute atomic E-state index is 12.6. The lowest BCUT2D eigenvalue weighted by Crippen LogP contribution is -2.23. The van der Waals surface area contributed by atoms with Crippen LogP contribution in [0.2, 0.25) is 0 Å². The zero-order chi connectivity index (χ0) is 16.1. The number of amides is 1. The van der Waals surface area contributed by atoms with Crippen molar-refractivity contribution in [1.29, 1.82) is 0 Å². The number of ether oxygens (including phenoxy) is 1. The third-order valence-electron chi connectivity index (χ3n) is 3.45. The van der Waals surface area contributed by atoms with E-state index in [-0.39, 0.29) is 5.91 Å². The number of thiazole rings is 1. The summed E-state index contributed by atoms with van der Waals surface area (Å²) in [5, 5.41) is 5.69. The molecule has 0 bridgehead atoms. The lowest BCUT2D eigenvalue weighted by Gasteiger charge is -2.12. The third-order valence-corrected chi connectivity index (χ3v) is 4.23. The molecule has 0 saturated carbocycles. The maximum atomic E-state index is 12.6. The lowest BCUT2D eigenvalue weighted by atomic mass is 9.98. The fourth-order valence-corrected chi connectivity index (χ4v) is 2.93. The summed E-state index contributed by atoms with van der Waals surface area (Å²) >= 11 is 1.52. The quantitative estimate of drug-likeness (QED) is 0.777. The van der Waals surface area contributed by atoms with Crippen LogP contribution in [-0.2, 0) is 6.54 Å². The Morgan fingerprint density at radius 3 is 2.61 bits per heavy atom. The van der Waals surface area contributed by atoms with Crippen molar-refractivity contribution in [3.8, 4) is 16.9 Å². The van der Waals surface area contributed by atoms with Gasteiger partial charge in [-0.05, 0) is 17.7 Å². The Bertz CT molecular complexity index is 800. The summed E-state index contributed by atoms with van der Waals surface area (Å²) in [7, 11) is 1.63. The topological polar surface area (TPSA) is 51.2 Å². The Morgan fingerprint density at radius 1 is 1.13 bits per heavy atom. The number of carbonyl (C=O) groups excluding carboxylic acids is 1. The fraction of sp³-hybridized carbons (Fsp3) is 0.111. The van der Waals surface area contributed by atoms with Gasteiger partial charge in [0.25, 0.3) is 5.91 Å². The Morgan fingerprint density at radius 2 is 1.87 bits per heavy atom. The van der Waals surface area contributed by atoms with Gasteiger partial charge in [0.1, 0.15) is 10.8 Å². The van der Waals surface area contributed by atoms with Gasteiger partial charge < -0.3 is 10.1 Å². The van der Waals surface area contributed by atoms with Gasteiger partial charge in [-0.1, -0.05) is 36.4 Å². The molecule has 1 heterocycles. The van der Waals surface area contributed by atoms with E-state index < -0.39 is 0 Å². The SMILES string of the molecule is COc1ccccc1-c1ccccc1C(=O)NCc1nccs1. The van der Waals surface area contributed by atoms with Crippen LogP contribution in [0, 0.1) is 0 Å². The van der Waals surface area contributed by atoms with E-state index in [1.165, 1.54) is 11.3 Å². The van der Waals surface area contributed by atoms with Gasteiger partial charge in [0, 0.05) is 22.7 Å². The molecule has 3 rings (SSSR count). The number of methoxy groups -OCH3 is 1. The normalized spacial score (nSPS) is 10.3. The molecule has 0 spiro atoms. The summed E-state index contributed by atoms with van der Waals surface area (Å²) in [6, 6.07) is 15.2. The maximum Gasteiger partial charge on any atom is 0.252 e. The molecule has 0 aliphatic rings. The molecule has 4 nitrogen and oxygen atoms in total.